The molecule has 0 N–H and O–H groups in total. The number of pyridine rings is 2. The van der Waals surface area contributed by atoms with Crippen LogP contribution in [0, 0.1) is 36.8 Å². The maximum Gasteiger partial charge on any atom is 0.213 e. The monoisotopic (exact) mass is 522 g/mol. The van der Waals surface area contributed by atoms with Gasteiger partial charge >= 0.3 is 0 Å². The van der Waals surface area contributed by atoms with Crippen LogP contribution in [0.15, 0.2) is 24.5 Å². The number of hydrogen-bond donors (Lipinski definition) is 0. The maximum absolute atomic E-state index is 5.11. The van der Waals surface area contributed by atoms with Crippen LogP contribution >= 0.6 is 0 Å². The van der Waals surface area contributed by atoms with E-state index in [1.54, 1.807) is 14.2 Å². The third-order valence-electron chi connectivity index (χ3n) is 7.58. The second-order valence-electron chi connectivity index (χ2n) is 9.27. The number of aromatic nitrogens is 2. The Morgan fingerprint density at radius 2 is 0.917 bits per heavy atom. The van der Waals surface area contributed by atoms with Crippen molar-refractivity contribution in [1.29, 1.82) is 0 Å². The fraction of sp³-hybridized carbons (Fsp3) is 0.533. The van der Waals surface area contributed by atoms with E-state index < -0.39 is 16.1 Å². The minimum Gasteiger partial charge on any atom is -0.481 e. The van der Waals surface area contributed by atoms with Crippen LogP contribution < -0.4 is 9.47 Å². The van der Waals surface area contributed by atoms with E-state index in [9.17, 15) is 0 Å². The highest BCUT2D eigenvalue weighted by molar-refractivity contribution is 6.87. The summed E-state index contributed by atoms with van der Waals surface area (Å²) in [5.74, 6) is 8.01. The Balaban J connectivity index is 0.000000360. The summed E-state index contributed by atoms with van der Waals surface area (Å²) >= 11 is 0. The first-order valence-electron chi connectivity index (χ1n) is 13.3. The largest absolute Gasteiger partial charge is 0.481 e. The smallest absolute Gasteiger partial charge is 0.213 e. The van der Waals surface area contributed by atoms with Crippen molar-refractivity contribution in [3.05, 3.63) is 46.8 Å². The predicted octanol–water partition coefficient (Wildman–Crippen LogP) is 7.60. The van der Waals surface area contributed by atoms with Crippen LogP contribution in [-0.4, -0.2) is 40.3 Å². The van der Waals surface area contributed by atoms with Crippen LogP contribution in [0.2, 0.25) is 36.3 Å². The minimum absolute atomic E-state index is 0.656. The highest BCUT2D eigenvalue weighted by Gasteiger charge is 2.25. The van der Waals surface area contributed by atoms with Gasteiger partial charge in [0.2, 0.25) is 11.8 Å². The summed E-state index contributed by atoms with van der Waals surface area (Å²) < 4.78 is 10.2. The van der Waals surface area contributed by atoms with Gasteiger partial charge in [0.05, 0.1) is 14.2 Å². The van der Waals surface area contributed by atoms with Crippen LogP contribution in [0.5, 0.6) is 11.8 Å². The van der Waals surface area contributed by atoms with Gasteiger partial charge < -0.3 is 9.47 Å². The van der Waals surface area contributed by atoms with Gasteiger partial charge in [-0.2, -0.15) is 0 Å². The average Bonchev–Trinajstić information content (AvgIpc) is 2.92. The number of aryl methyl sites for hydroxylation is 2. The van der Waals surface area contributed by atoms with Gasteiger partial charge in [0.25, 0.3) is 0 Å². The van der Waals surface area contributed by atoms with Gasteiger partial charge in [0.15, 0.2) is 0 Å². The van der Waals surface area contributed by atoms with Crippen molar-refractivity contribution < 1.29 is 9.47 Å². The van der Waals surface area contributed by atoms with Gasteiger partial charge in [0.1, 0.15) is 16.1 Å². The zero-order chi connectivity index (χ0) is 27.2. The highest BCUT2D eigenvalue weighted by Crippen LogP contribution is 2.21. The maximum atomic E-state index is 5.11. The van der Waals surface area contributed by atoms with Crippen LogP contribution in [0.1, 0.15) is 63.8 Å². The first-order chi connectivity index (χ1) is 17.2. The molecule has 0 aliphatic carbocycles. The van der Waals surface area contributed by atoms with Crippen molar-refractivity contribution in [2.45, 2.75) is 91.7 Å². The van der Waals surface area contributed by atoms with Crippen LogP contribution in [0.4, 0.5) is 0 Å². The molecule has 0 unspecified atom stereocenters. The molecule has 36 heavy (non-hydrogen) atoms. The lowest BCUT2D eigenvalue weighted by Crippen LogP contribution is -2.29. The molecular formula is C30H46N2O2Si2. The topological polar surface area (TPSA) is 44.2 Å². The van der Waals surface area contributed by atoms with Crippen molar-refractivity contribution in [2.24, 2.45) is 0 Å². The molecule has 6 heteroatoms. The molecule has 0 aromatic carbocycles. The van der Waals surface area contributed by atoms with Gasteiger partial charge in [-0.3, -0.25) is 0 Å². The van der Waals surface area contributed by atoms with E-state index in [2.05, 4.69) is 88.3 Å². The van der Waals surface area contributed by atoms with E-state index in [-0.39, 0.29) is 0 Å². The van der Waals surface area contributed by atoms with Crippen LogP contribution in [0.3, 0.4) is 0 Å². The Kier molecular flexibility index (Phi) is 13.6. The highest BCUT2D eigenvalue weighted by atomic mass is 28.3. The van der Waals surface area contributed by atoms with E-state index in [0.29, 0.717) is 11.8 Å². The molecule has 2 rings (SSSR count). The van der Waals surface area contributed by atoms with Gasteiger partial charge in [-0.15, -0.1) is 11.1 Å². The fourth-order valence-electron chi connectivity index (χ4n) is 3.98. The van der Waals surface area contributed by atoms with Crippen molar-refractivity contribution in [1.82, 2.24) is 9.97 Å². The van der Waals surface area contributed by atoms with Crippen molar-refractivity contribution in [3.63, 3.8) is 0 Å². The quantitative estimate of drug-likeness (QED) is 0.264. The first-order valence-corrected chi connectivity index (χ1v) is 18.5. The van der Waals surface area contributed by atoms with E-state index in [1.165, 1.54) is 36.3 Å². The Labute approximate surface area is 222 Å². The van der Waals surface area contributed by atoms with Crippen molar-refractivity contribution in [3.8, 4) is 34.7 Å². The SMILES string of the molecule is CC[Si](C#Cc1cnc(OC)cc1C)(CC)CC.CC[Si](C#Cc1cnc(OC)cc1C)(CC)CC. The van der Waals surface area contributed by atoms with Crippen LogP contribution in [-0.2, 0) is 0 Å². The molecule has 0 spiro atoms. The fourth-order valence-corrected chi connectivity index (χ4v) is 8.84. The third-order valence-corrected chi connectivity index (χ3v) is 17.0. The molecule has 0 amide bonds. The number of methoxy groups -OCH3 is 2. The molecule has 4 nitrogen and oxygen atoms in total. The zero-order valence-corrected chi connectivity index (χ0v) is 26.3. The molecule has 2 aromatic heterocycles. The minimum atomic E-state index is -1.37. The first kappa shape index (κ1) is 31.5. The number of nitrogens with zero attached hydrogens (tertiary/aromatic N) is 2. The van der Waals surface area contributed by atoms with Gasteiger partial charge in [-0.05, 0) is 61.2 Å². The summed E-state index contributed by atoms with van der Waals surface area (Å²) in [5.41, 5.74) is 11.5. The second-order valence-corrected chi connectivity index (χ2v) is 19.1. The lowest BCUT2D eigenvalue weighted by molar-refractivity contribution is 0.397. The van der Waals surface area contributed by atoms with Gasteiger partial charge in [-0.1, -0.05) is 53.4 Å². The molecule has 2 heterocycles. The van der Waals surface area contributed by atoms with E-state index in [1.807, 2.05) is 24.5 Å². The number of rotatable bonds is 8. The predicted molar refractivity (Wildman–Crippen MR) is 159 cm³/mol. The lowest BCUT2D eigenvalue weighted by Gasteiger charge is -2.20. The Hall–Kier alpha value is -2.55. The lowest BCUT2D eigenvalue weighted by atomic mass is 10.2. The second kappa shape index (κ2) is 15.5. The average molecular weight is 523 g/mol. The molecule has 0 atom stereocenters. The molecule has 0 radical (unpaired) electrons. The van der Waals surface area contributed by atoms with Crippen molar-refractivity contribution >= 4 is 16.1 Å². The molecule has 0 saturated heterocycles. The molecule has 0 aliphatic rings. The van der Waals surface area contributed by atoms with E-state index in [4.69, 9.17) is 9.47 Å². The van der Waals surface area contributed by atoms with E-state index >= 15 is 0 Å². The molecule has 0 aliphatic heterocycles. The van der Waals surface area contributed by atoms with Gasteiger partial charge in [0, 0.05) is 35.7 Å². The summed E-state index contributed by atoms with van der Waals surface area (Å²) in [7, 11) is 0.540. The Morgan fingerprint density at radius 1 is 0.611 bits per heavy atom. The Morgan fingerprint density at radius 3 is 1.14 bits per heavy atom. The summed E-state index contributed by atoms with van der Waals surface area (Å²) in [5, 5.41) is 0. The Bertz CT molecular complexity index is 982. The van der Waals surface area contributed by atoms with Crippen LogP contribution in [0.25, 0.3) is 0 Å². The van der Waals surface area contributed by atoms with Gasteiger partial charge in [-0.25, -0.2) is 9.97 Å². The number of hydrogen-bond acceptors (Lipinski definition) is 4. The molecule has 0 saturated carbocycles. The third kappa shape index (κ3) is 8.84. The molecule has 2 aromatic rings. The molecule has 0 fully saturated rings. The molecule has 196 valence electrons. The molecule has 0 bridgehead atoms. The zero-order valence-electron chi connectivity index (χ0n) is 24.3. The van der Waals surface area contributed by atoms with Crippen molar-refractivity contribution in [2.75, 3.05) is 14.2 Å². The summed E-state index contributed by atoms with van der Waals surface area (Å²) in [6.07, 6.45) is 3.64. The summed E-state index contributed by atoms with van der Waals surface area (Å²) in [6, 6.07) is 11.3. The standard InChI is InChI=1S/2C15H23NOSi/c2*1-6-18(7-2,8-3)10-9-14-12-16-15(17-5)11-13(14)4/h2*11-12H,6-8H2,1-5H3. The number of ether oxygens (including phenoxy) is 2. The summed E-state index contributed by atoms with van der Waals surface area (Å²) in [6.45, 7) is 17.7. The molecular weight excluding hydrogens is 477 g/mol. The normalized spacial score (nSPS) is 10.7. The van der Waals surface area contributed by atoms with E-state index in [0.717, 1.165) is 22.3 Å². The summed E-state index contributed by atoms with van der Waals surface area (Å²) in [4.78, 5) is 8.45.